The van der Waals surface area contributed by atoms with Gasteiger partial charge >= 0.3 is 0 Å². The van der Waals surface area contributed by atoms with Gasteiger partial charge in [0.15, 0.2) is 11.5 Å². The number of nitrogens with zero attached hydrogens (tertiary/aromatic N) is 1. The van der Waals surface area contributed by atoms with Crippen LogP contribution in [-0.4, -0.2) is 19.1 Å². The molecule has 0 saturated carbocycles. The van der Waals surface area contributed by atoms with Crippen molar-refractivity contribution in [1.82, 2.24) is 0 Å². The lowest BCUT2D eigenvalue weighted by atomic mass is 10.0. The van der Waals surface area contributed by atoms with E-state index < -0.39 is 4.92 Å². The summed E-state index contributed by atoms with van der Waals surface area (Å²) in [4.78, 5) is 10.4. The molecule has 0 spiro atoms. The number of aryl methyl sites for hydroxylation is 2. The van der Waals surface area contributed by atoms with Crippen molar-refractivity contribution in [1.29, 1.82) is 0 Å². The molecule has 0 N–H and O–H groups in total. The van der Waals surface area contributed by atoms with Crippen LogP contribution in [0.4, 0.5) is 0 Å². The Bertz CT molecular complexity index is 754. The van der Waals surface area contributed by atoms with Crippen LogP contribution in [0.15, 0.2) is 48.2 Å². The first kappa shape index (κ1) is 18.5. The number of benzene rings is 2. The van der Waals surface area contributed by atoms with Gasteiger partial charge in [-0.3, -0.25) is 10.1 Å². The zero-order chi connectivity index (χ0) is 18.2. The van der Waals surface area contributed by atoms with Gasteiger partial charge in [0.25, 0.3) is 0 Å². The Kier molecular flexibility index (Phi) is 6.57. The first-order valence-electron chi connectivity index (χ1n) is 8.17. The fourth-order valence-electron chi connectivity index (χ4n) is 2.77. The second-order valence-corrected chi connectivity index (χ2v) is 5.76. The summed E-state index contributed by atoms with van der Waals surface area (Å²) < 4.78 is 11.0. The van der Waals surface area contributed by atoms with E-state index >= 15 is 0 Å². The molecule has 25 heavy (non-hydrogen) atoms. The summed E-state index contributed by atoms with van der Waals surface area (Å²) >= 11 is 0. The average Bonchev–Trinajstić information content (AvgIpc) is 2.62. The zero-order valence-corrected chi connectivity index (χ0v) is 14.8. The quantitative estimate of drug-likeness (QED) is 0.523. The van der Waals surface area contributed by atoms with E-state index in [4.69, 9.17) is 9.47 Å². The van der Waals surface area contributed by atoms with Gasteiger partial charge in [-0.2, -0.15) is 0 Å². The van der Waals surface area contributed by atoms with Crippen LogP contribution in [0, 0.1) is 10.1 Å². The zero-order valence-electron chi connectivity index (χ0n) is 14.8. The number of hydrogen-bond donors (Lipinski definition) is 0. The third-order valence-electron chi connectivity index (χ3n) is 4.04. The average molecular weight is 341 g/mol. The molecule has 132 valence electrons. The lowest BCUT2D eigenvalue weighted by molar-refractivity contribution is -0.422. The maximum atomic E-state index is 10.9. The maximum absolute atomic E-state index is 10.9. The van der Waals surface area contributed by atoms with Gasteiger partial charge in [0, 0.05) is 18.6 Å². The van der Waals surface area contributed by atoms with Crippen molar-refractivity contribution in [2.75, 3.05) is 14.2 Å². The Morgan fingerprint density at radius 3 is 2.32 bits per heavy atom. The van der Waals surface area contributed by atoms with E-state index in [0.29, 0.717) is 17.1 Å². The van der Waals surface area contributed by atoms with E-state index in [1.807, 2.05) is 30.3 Å². The Morgan fingerprint density at radius 2 is 1.72 bits per heavy atom. The molecule has 0 atom stereocenters. The summed E-state index contributed by atoms with van der Waals surface area (Å²) in [6, 6.07) is 14.1. The van der Waals surface area contributed by atoms with Crippen molar-refractivity contribution in [3.63, 3.8) is 0 Å². The van der Waals surface area contributed by atoms with Crippen molar-refractivity contribution in [2.24, 2.45) is 0 Å². The van der Waals surface area contributed by atoms with E-state index in [9.17, 15) is 10.1 Å². The van der Waals surface area contributed by atoms with Gasteiger partial charge in [-0.05, 0) is 30.4 Å². The summed E-state index contributed by atoms with van der Waals surface area (Å²) in [5, 5.41) is 10.9. The summed E-state index contributed by atoms with van der Waals surface area (Å²) in [6.07, 6.45) is 4.29. The van der Waals surface area contributed by atoms with Gasteiger partial charge in [0.05, 0.1) is 19.1 Å². The Labute approximate surface area is 148 Å². The summed E-state index contributed by atoms with van der Waals surface area (Å²) in [7, 11) is 3.14. The number of rotatable bonds is 8. The lowest BCUT2D eigenvalue weighted by Gasteiger charge is -2.15. The van der Waals surface area contributed by atoms with Crippen molar-refractivity contribution >= 4 is 6.08 Å². The molecule has 0 radical (unpaired) electrons. The van der Waals surface area contributed by atoms with Crippen LogP contribution in [0.5, 0.6) is 11.5 Å². The molecule has 0 amide bonds. The highest BCUT2D eigenvalue weighted by Gasteiger charge is 2.15. The summed E-state index contributed by atoms with van der Waals surface area (Å²) in [5.41, 5.74) is 3.03. The monoisotopic (exact) mass is 341 g/mol. The Hall–Kier alpha value is -2.82. The van der Waals surface area contributed by atoms with Crippen molar-refractivity contribution in [3.05, 3.63) is 75.0 Å². The molecule has 0 aliphatic rings. The molecule has 0 heterocycles. The number of allylic oxidation sites excluding steroid dienone is 1. The minimum atomic E-state index is -0.417. The third-order valence-corrected chi connectivity index (χ3v) is 4.04. The highest BCUT2D eigenvalue weighted by Crippen LogP contribution is 2.36. The van der Waals surface area contributed by atoms with Crippen LogP contribution in [0.25, 0.3) is 6.08 Å². The second kappa shape index (κ2) is 8.87. The molecular weight excluding hydrogens is 318 g/mol. The van der Waals surface area contributed by atoms with Crippen LogP contribution >= 0.6 is 0 Å². The molecular formula is C20H23NO4. The predicted octanol–water partition coefficient (Wildman–Crippen LogP) is 4.52. The topological polar surface area (TPSA) is 61.6 Å². The van der Waals surface area contributed by atoms with Gasteiger partial charge in [-0.25, -0.2) is 0 Å². The molecule has 2 aromatic carbocycles. The molecule has 0 aliphatic heterocycles. The van der Waals surface area contributed by atoms with Crippen molar-refractivity contribution in [3.8, 4) is 11.5 Å². The van der Waals surface area contributed by atoms with E-state index in [1.165, 1.54) is 18.6 Å². The lowest BCUT2D eigenvalue weighted by Crippen LogP contribution is -2.00. The molecule has 0 unspecified atom stereocenters. The number of methoxy groups -OCH3 is 2. The third kappa shape index (κ3) is 4.83. The van der Waals surface area contributed by atoms with Crippen molar-refractivity contribution < 1.29 is 14.4 Å². The molecule has 0 fully saturated rings. The SMILES string of the molecule is COc1c(/C=C(\C)[N+](=O)[O-])ccc(CCCc2ccccc2)c1OC. The highest BCUT2D eigenvalue weighted by molar-refractivity contribution is 5.65. The fraction of sp³-hybridized carbons (Fsp3) is 0.300. The van der Waals surface area contributed by atoms with Crippen LogP contribution in [0.2, 0.25) is 0 Å². The van der Waals surface area contributed by atoms with E-state index in [0.717, 1.165) is 24.8 Å². The van der Waals surface area contributed by atoms with Gasteiger partial charge in [0.1, 0.15) is 0 Å². The smallest absolute Gasteiger partial charge is 0.243 e. The van der Waals surface area contributed by atoms with E-state index in [2.05, 4.69) is 12.1 Å². The predicted molar refractivity (Wildman–Crippen MR) is 98.7 cm³/mol. The molecule has 0 bridgehead atoms. The minimum absolute atomic E-state index is 0.0529. The summed E-state index contributed by atoms with van der Waals surface area (Å²) in [6.45, 7) is 1.46. The Balaban J connectivity index is 2.21. The molecule has 0 saturated heterocycles. The molecule has 0 aliphatic carbocycles. The van der Waals surface area contributed by atoms with Crippen LogP contribution < -0.4 is 9.47 Å². The molecule has 5 nitrogen and oxygen atoms in total. The number of hydrogen-bond acceptors (Lipinski definition) is 4. The number of ether oxygens (including phenoxy) is 2. The first-order chi connectivity index (χ1) is 12.1. The maximum Gasteiger partial charge on any atom is 0.243 e. The normalized spacial score (nSPS) is 11.2. The fourth-order valence-corrected chi connectivity index (χ4v) is 2.77. The second-order valence-electron chi connectivity index (χ2n) is 5.76. The molecule has 2 rings (SSSR count). The van der Waals surface area contributed by atoms with Crippen LogP contribution in [0.1, 0.15) is 30.0 Å². The molecule has 0 aromatic heterocycles. The van der Waals surface area contributed by atoms with Crippen molar-refractivity contribution in [2.45, 2.75) is 26.2 Å². The van der Waals surface area contributed by atoms with Gasteiger partial charge in [-0.1, -0.05) is 42.5 Å². The van der Waals surface area contributed by atoms with E-state index in [1.54, 1.807) is 14.2 Å². The highest BCUT2D eigenvalue weighted by atomic mass is 16.6. The minimum Gasteiger partial charge on any atom is -0.493 e. The van der Waals surface area contributed by atoms with Crippen LogP contribution in [0.3, 0.4) is 0 Å². The van der Waals surface area contributed by atoms with E-state index in [-0.39, 0.29) is 5.70 Å². The van der Waals surface area contributed by atoms with Gasteiger partial charge < -0.3 is 9.47 Å². The van der Waals surface area contributed by atoms with Gasteiger partial charge in [0.2, 0.25) is 5.70 Å². The van der Waals surface area contributed by atoms with Crippen LogP contribution in [-0.2, 0) is 12.8 Å². The van der Waals surface area contributed by atoms with Gasteiger partial charge in [-0.15, -0.1) is 0 Å². The molecule has 2 aromatic rings. The number of nitro groups is 1. The Morgan fingerprint density at radius 1 is 1.04 bits per heavy atom. The molecule has 5 heteroatoms. The summed E-state index contributed by atoms with van der Waals surface area (Å²) in [5.74, 6) is 1.17. The largest absolute Gasteiger partial charge is 0.493 e. The standard InChI is InChI=1S/C20H23NO4/c1-15(21(22)23)14-18-13-12-17(19(24-2)20(18)25-3)11-7-10-16-8-5-4-6-9-16/h4-6,8-9,12-14H,7,10-11H2,1-3H3/b15-14+. The first-order valence-corrected chi connectivity index (χ1v) is 8.17.